The second-order valence-corrected chi connectivity index (χ2v) is 12.2. The minimum absolute atomic E-state index is 0.000632. The first-order valence-electron chi connectivity index (χ1n) is 21.6. The second-order valence-electron chi connectivity index (χ2n) is 11.1. The molecular formula is C43H28N2S. The first kappa shape index (κ1) is 15.6. The van der Waals surface area contributed by atoms with Gasteiger partial charge in [0.2, 0.25) is 0 Å². The summed E-state index contributed by atoms with van der Waals surface area (Å²) in [4.78, 5) is 0. The average Bonchev–Trinajstić information content (AvgIpc) is 3.93. The first-order chi connectivity index (χ1) is 28.6. The number of benzene rings is 7. The lowest BCUT2D eigenvalue weighted by Gasteiger charge is -2.13. The Morgan fingerprint density at radius 2 is 1.13 bits per heavy atom. The molecule has 10 rings (SSSR count). The van der Waals surface area contributed by atoms with Crippen LogP contribution in [0.3, 0.4) is 0 Å². The number of rotatable bonds is 3. The van der Waals surface area contributed by atoms with E-state index in [2.05, 4.69) is 0 Å². The van der Waals surface area contributed by atoms with Gasteiger partial charge in [-0.2, -0.15) is 0 Å². The molecule has 0 aliphatic heterocycles. The van der Waals surface area contributed by atoms with E-state index in [1.807, 2.05) is 66.7 Å². The Labute approximate surface area is 289 Å². The smallest absolute Gasteiger partial charge is 0.0646 e. The van der Waals surface area contributed by atoms with Crippen molar-refractivity contribution >= 4 is 75.1 Å². The maximum atomic E-state index is 9.80. The molecule has 3 aromatic heterocycles. The molecule has 0 aliphatic rings. The number of para-hydroxylation sites is 2. The third-order valence-electron chi connectivity index (χ3n) is 8.52. The Kier molecular flexibility index (Phi) is 3.28. The van der Waals surface area contributed by atoms with E-state index in [9.17, 15) is 8.22 Å². The van der Waals surface area contributed by atoms with Crippen LogP contribution < -0.4 is 0 Å². The highest BCUT2D eigenvalue weighted by atomic mass is 32.1. The first-order valence-corrected chi connectivity index (χ1v) is 15.5. The Hall–Kier alpha value is -5.64. The van der Waals surface area contributed by atoms with Crippen molar-refractivity contribution in [3.63, 3.8) is 0 Å². The maximum absolute atomic E-state index is 9.80. The van der Waals surface area contributed by atoms with Crippen LogP contribution in [0, 0.1) is 6.92 Å². The van der Waals surface area contributed by atoms with E-state index in [4.69, 9.17) is 11.0 Å². The van der Waals surface area contributed by atoms with Crippen LogP contribution in [0.25, 0.3) is 86.3 Å². The molecule has 0 atom stereocenters. The van der Waals surface area contributed by atoms with Gasteiger partial charge < -0.3 is 9.13 Å². The summed E-state index contributed by atoms with van der Waals surface area (Å²) in [6.07, 6.45) is 0. The van der Waals surface area contributed by atoms with Gasteiger partial charge in [-0.1, -0.05) is 102 Å². The monoisotopic (exact) mass is 618 g/mol. The van der Waals surface area contributed by atoms with E-state index >= 15 is 0 Å². The standard InChI is InChI=1S/C43H28N2S/c1-27-19-21-29(22-20-27)44-36-16-8-5-14-32(36)41-38(44)23-24-39-42(41)33-15-6-9-17-37(33)45(39)30-25-34(28-11-3-2-4-12-28)43-35(26-30)31-13-7-10-18-40(31)46-43/h2-26H,1H3/i5D,6D,8D,9D,14D,15D,16D,17D,19D,20D,21D,22D,23D,24D. The molecule has 0 N–H and O–H groups in total. The Bertz CT molecular complexity index is 3580. The fourth-order valence-electron chi connectivity index (χ4n) is 6.57. The van der Waals surface area contributed by atoms with Gasteiger partial charge in [0, 0.05) is 58.7 Å². The van der Waals surface area contributed by atoms with Gasteiger partial charge in [0.15, 0.2) is 0 Å². The minimum Gasteiger partial charge on any atom is -0.309 e. The summed E-state index contributed by atoms with van der Waals surface area (Å²) in [5.41, 5.74) is 1.15. The van der Waals surface area contributed by atoms with Crippen molar-refractivity contribution < 1.29 is 19.2 Å². The van der Waals surface area contributed by atoms with Crippen LogP contribution in [0.5, 0.6) is 0 Å². The largest absolute Gasteiger partial charge is 0.309 e. The second kappa shape index (κ2) is 9.68. The zero-order chi connectivity index (χ0) is 42.5. The van der Waals surface area contributed by atoms with Gasteiger partial charge >= 0.3 is 0 Å². The quantitative estimate of drug-likeness (QED) is 0.186. The van der Waals surface area contributed by atoms with E-state index in [1.54, 1.807) is 11.3 Å². The third-order valence-corrected chi connectivity index (χ3v) is 9.74. The summed E-state index contributed by atoms with van der Waals surface area (Å²) in [6.45, 7) is 1.42. The zero-order valence-electron chi connectivity index (χ0n) is 38.2. The van der Waals surface area contributed by atoms with E-state index in [0.717, 1.165) is 35.9 Å². The van der Waals surface area contributed by atoms with Crippen molar-refractivity contribution in [2.75, 3.05) is 0 Å². The molecule has 46 heavy (non-hydrogen) atoms. The van der Waals surface area contributed by atoms with Gasteiger partial charge in [-0.3, -0.25) is 0 Å². The van der Waals surface area contributed by atoms with Gasteiger partial charge in [-0.25, -0.2) is 0 Å². The predicted molar refractivity (Wildman–Crippen MR) is 198 cm³/mol. The highest BCUT2D eigenvalue weighted by Gasteiger charge is 2.21. The SMILES string of the molecule is [2H]c1c([2H])c(-n2c3c([2H])c([2H])c([2H])c([2H])c3c3c4c5c([2H])c([2H])c([2H])c([2H])c5n(-c5cc(-c6ccccc6)c6sc7ccccc7c6c5)c4c([2H])c([2H])c32)c([2H])c([2H])c1C. The Balaban J connectivity index is 1.53. The van der Waals surface area contributed by atoms with Crippen molar-refractivity contribution in [3.8, 4) is 22.5 Å². The van der Waals surface area contributed by atoms with Crippen LogP contribution in [-0.2, 0) is 0 Å². The van der Waals surface area contributed by atoms with Crippen molar-refractivity contribution in [3.05, 3.63) is 157 Å². The molecule has 7 aromatic carbocycles. The molecule has 3 heterocycles. The minimum atomic E-state index is -0.665. The number of aromatic nitrogens is 2. The maximum Gasteiger partial charge on any atom is 0.0646 e. The highest BCUT2D eigenvalue weighted by molar-refractivity contribution is 7.26. The molecule has 0 unspecified atom stereocenters. The summed E-state index contributed by atoms with van der Waals surface area (Å²) in [7, 11) is 0. The van der Waals surface area contributed by atoms with Crippen molar-refractivity contribution in [1.29, 1.82) is 0 Å². The summed E-state index contributed by atoms with van der Waals surface area (Å²) in [5.74, 6) is 0. The third kappa shape index (κ3) is 3.58. The summed E-state index contributed by atoms with van der Waals surface area (Å²) in [5, 5.41) is 1.47. The molecule has 0 spiro atoms. The number of fused-ring (bicyclic) bond motifs is 10. The molecule has 0 saturated heterocycles. The Morgan fingerprint density at radius 1 is 0.522 bits per heavy atom. The lowest BCUT2D eigenvalue weighted by Crippen LogP contribution is -1.95. The van der Waals surface area contributed by atoms with E-state index in [-0.39, 0.29) is 49.2 Å². The molecular weight excluding hydrogens is 577 g/mol. The fourth-order valence-corrected chi connectivity index (χ4v) is 7.79. The van der Waals surface area contributed by atoms with Crippen LogP contribution >= 0.6 is 11.3 Å². The van der Waals surface area contributed by atoms with E-state index < -0.39 is 90.3 Å². The topological polar surface area (TPSA) is 9.86 Å². The normalized spacial score (nSPS) is 16.3. The molecule has 0 fully saturated rings. The molecule has 3 heteroatoms. The zero-order valence-corrected chi connectivity index (χ0v) is 25.0. The van der Waals surface area contributed by atoms with Gasteiger partial charge in [0.1, 0.15) is 0 Å². The van der Waals surface area contributed by atoms with Crippen LogP contribution in [0.4, 0.5) is 0 Å². The molecule has 2 nitrogen and oxygen atoms in total. The average molecular weight is 619 g/mol. The summed E-state index contributed by atoms with van der Waals surface area (Å²) in [6, 6.07) is 13.8. The van der Waals surface area contributed by atoms with E-state index in [0.29, 0.717) is 5.69 Å². The fraction of sp³-hybridized carbons (Fsp3) is 0.0233. The van der Waals surface area contributed by atoms with Gasteiger partial charge in [0.05, 0.1) is 41.3 Å². The van der Waals surface area contributed by atoms with Gasteiger partial charge in [0.25, 0.3) is 0 Å². The molecule has 0 bridgehead atoms. The number of nitrogens with zero attached hydrogens (tertiary/aromatic N) is 2. The molecule has 216 valence electrons. The van der Waals surface area contributed by atoms with Crippen molar-refractivity contribution in [2.24, 2.45) is 0 Å². The lowest BCUT2D eigenvalue weighted by atomic mass is 10.0. The highest BCUT2D eigenvalue weighted by Crippen LogP contribution is 2.45. The predicted octanol–water partition coefficient (Wildman–Crippen LogP) is 12.2. The lowest BCUT2D eigenvalue weighted by molar-refractivity contribution is 1.17. The van der Waals surface area contributed by atoms with Crippen molar-refractivity contribution in [2.45, 2.75) is 6.92 Å². The number of hydrogen-bond donors (Lipinski definition) is 0. The van der Waals surface area contributed by atoms with Crippen LogP contribution in [-0.4, -0.2) is 9.13 Å². The van der Waals surface area contributed by atoms with Crippen LogP contribution in [0.2, 0.25) is 0 Å². The van der Waals surface area contributed by atoms with Gasteiger partial charge in [-0.15, -0.1) is 11.3 Å². The van der Waals surface area contributed by atoms with Gasteiger partial charge in [-0.05, 0) is 66.9 Å². The van der Waals surface area contributed by atoms with Crippen LogP contribution in [0.15, 0.2) is 151 Å². The Morgan fingerprint density at radius 3 is 1.83 bits per heavy atom. The summed E-state index contributed by atoms with van der Waals surface area (Å²) >= 11 is 1.60. The van der Waals surface area contributed by atoms with Crippen LogP contribution in [0.1, 0.15) is 24.8 Å². The molecule has 10 aromatic rings. The molecule has 0 radical (unpaired) electrons. The molecule has 0 amide bonds. The molecule has 0 aliphatic carbocycles. The number of thiophene rings is 1. The summed E-state index contributed by atoms with van der Waals surface area (Å²) < 4.78 is 132. The van der Waals surface area contributed by atoms with Crippen molar-refractivity contribution in [1.82, 2.24) is 9.13 Å². The number of hydrogen-bond acceptors (Lipinski definition) is 1. The molecule has 0 saturated carbocycles. The van der Waals surface area contributed by atoms with E-state index in [1.165, 1.54) is 11.5 Å².